The minimum atomic E-state index is -3.38. The molecule has 5 nitrogen and oxygen atoms in total. The lowest BCUT2D eigenvalue weighted by molar-refractivity contribution is 0.477. The number of aryl methyl sites for hydroxylation is 1. The van der Waals surface area contributed by atoms with Crippen LogP contribution in [0, 0.1) is 6.92 Å². The van der Waals surface area contributed by atoms with Crippen LogP contribution in [-0.4, -0.2) is 24.8 Å². The SMILES string of the molecule is Cc1cccc(O)c1Nc1ccnc2c(S(C)(=O)=O)cccc12. The molecule has 0 atom stereocenters. The van der Waals surface area contributed by atoms with Gasteiger partial charge < -0.3 is 10.4 Å². The first-order valence-electron chi connectivity index (χ1n) is 7.01. The molecule has 118 valence electrons. The average molecular weight is 328 g/mol. The number of aromatic nitrogens is 1. The third-order valence-electron chi connectivity index (χ3n) is 3.64. The molecule has 3 aromatic rings. The van der Waals surface area contributed by atoms with Gasteiger partial charge in [-0.1, -0.05) is 24.3 Å². The summed E-state index contributed by atoms with van der Waals surface area (Å²) < 4.78 is 23.8. The minimum Gasteiger partial charge on any atom is -0.506 e. The predicted molar refractivity (Wildman–Crippen MR) is 91.0 cm³/mol. The van der Waals surface area contributed by atoms with Crippen molar-refractivity contribution in [3.8, 4) is 5.75 Å². The first-order valence-corrected chi connectivity index (χ1v) is 8.90. The van der Waals surface area contributed by atoms with Crippen LogP contribution >= 0.6 is 0 Å². The fraction of sp³-hybridized carbons (Fsp3) is 0.118. The van der Waals surface area contributed by atoms with E-state index in [0.29, 0.717) is 22.3 Å². The summed E-state index contributed by atoms with van der Waals surface area (Å²) in [6.07, 6.45) is 2.71. The molecule has 0 fully saturated rings. The third-order valence-corrected chi connectivity index (χ3v) is 4.77. The summed E-state index contributed by atoms with van der Waals surface area (Å²) in [5.41, 5.74) is 2.57. The van der Waals surface area contributed by atoms with E-state index in [0.717, 1.165) is 11.8 Å². The molecule has 0 bridgehead atoms. The van der Waals surface area contributed by atoms with Crippen LogP contribution in [0.4, 0.5) is 11.4 Å². The summed E-state index contributed by atoms with van der Waals surface area (Å²) in [7, 11) is -3.38. The molecule has 0 aliphatic heterocycles. The zero-order chi connectivity index (χ0) is 16.6. The maximum atomic E-state index is 11.9. The zero-order valence-corrected chi connectivity index (χ0v) is 13.6. The Labute approximate surface area is 134 Å². The summed E-state index contributed by atoms with van der Waals surface area (Å²) in [5, 5.41) is 13.9. The minimum absolute atomic E-state index is 0.134. The van der Waals surface area contributed by atoms with Crippen molar-refractivity contribution in [1.82, 2.24) is 4.98 Å². The van der Waals surface area contributed by atoms with Gasteiger partial charge in [-0.25, -0.2) is 8.42 Å². The Balaban J connectivity index is 2.20. The summed E-state index contributed by atoms with van der Waals surface area (Å²) in [6, 6.07) is 12.0. The molecule has 0 saturated heterocycles. The fourth-order valence-corrected chi connectivity index (χ4v) is 3.35. The Morgan fingerprint density at radius 3 is 2.52 bits per heavy atom. The van der Waals surface area contributed by atoms with E-state index in [9.17, 15) is 13.5 Å². The van der Waals surface area contributed by atoms with Gasteiger partial charge in [0.05, 0.1) is 16.1 Å². The second kappa shape index (κ2) is 5.55. The number of phenols is 1. The number of aromatic hydroxyl groups is 1. The highest BCUT2D eigenvalue weighted by molar-refractivity contribution is 7.91. The molecule has 0 aliphatic carbocycles. The normalized spacial score (nSPS) is 11.6. The lowest BCUT2D eigenvalue weighted by atomic mass is 10.1. The van der Waals surface area contributed by atoms with Gasteiger partial charge in [0, 0.05) is 23.5 Å². The van der Waals surface area contributed by atoms with E-state index in [-0.39, 0.29) is 10.6 Å². The number of para-hydroxylation sites is 2. The van der Waals surface area contributed by atoms with Crippen molar-refractivity contribution in [3.63, 3.8) is 0 Å². The lowest BCUT2D eigenvalue weighted by Gasteiger charge is -2.14. The van der Waals surface area contributed by atoms with Crippen LogP contribution in [0.1, 0.15) is 5.56 Å². The zero-order valence-electron chi connectivity index (χ0n) is 12.7. The monoisotopic (exact) mass is 328 g/mol. The van der Waals surface area contributed by atoms with Crippen molar-refractivity contribution in [3.05, 3.63) is 54.2 Å². The molecule has 2 N–H and O–H groups in total. The molecule has 0 amide bonds. The van der Waals surface area contributed by atoms with Crippen LogP contribution in [-0.2, 0) is 9.84 Å². The van der Waals surface area contributed by atoms with E-state index in [4.69, 9.17) is 0 Å². The fourth-order valence-electron chi connectivity index (χ4n) is 2.51. The predicted octanol–water partition coefficient (Wildman–Crippen LogP) is 3.40. The number of sulfone groups is 1. The average Bonchev–Trinajstić information content (AvgIpc) is 2.49. The maximum Gasteiger partial charge on any atom is 0.177 e. The molecule has 0 aliphatic rings. The van der Waals surface area contributed by atoms with Gasteiger partial charge in [-0.05, 0) is 30.7 Å². The highest BCUT2D eigenvalue weighted by Crippen LogP contribution is 2.33. The van der Waals surface area contributed by atoms with Gasteiger partial charge in [0.2, 0.25) is 0 Å². The molecule has 0 spiro atoms. The quantitative estimate of drug-likeness (QED) is 0.720. The number of hydrogen-bond donors (Lipinski definition) is 2. The van der Waals surface area contributed by atoms with Crippen LogP contribution in [0.5, 0.6) is 5.75 Å². The van der Waals surface area contributed by atoms with Crippen molar-refractivity contribution in [2.24, 2.45) is 0 Å². The summed E-state index contributed by atoms with van der Waals surface area (Å²) in [4.78, 5) is 4.40. The second-order valence-electron chi connectivity index (χ2n) is 5.38. The van der Waals surface area contributed by atoms with Gasteiger partial charge in [0.15, 0.2) is 9.84 Å². The van der Waals surface area contributed by atoms with Gasteiger partial charge in [-0.15, -0.1) is 0 Å². The number of pyridine rings is 1. The number of phenolic OH excluding ortho intramolecular Hbond substituents is 1. The molecule has 1 heterocycles. The van der Waals surface area contributed by atoms with Crippen LogP contribution in [0.25, 0.3) is 10.9 Å². The first-order chi connectivity index (χ1) is 10.9. The number of nitrogens with one attached hydrogen (secondary N) is 1. The molecule has 1 aromatic heterocycles. The van der Waals surface area contributed by atoms with E-state index in [2.05, 4.69) is 10.3 Å². The molecular formula is C17H16N2O3S. The highest BCUT2D eigenvalue weighted by atomic mass is 32.2. The third kappa shape index (κ3) is 2.85. The smallest absolute Gasteiger partial charge is 0.177 e. The van der Waals surface area contributed by atoms with Gasteiger partial charge >= 0.3 is 0 Å². The molecular weight excluding hydrogens is 312 g/mol. The molecule has 2 aromatic carbocycles. The first kappa shape index (κ1) is 15.3. The van der Waals surface area contributed by atoms with E-state index in [1.165, 1.54) is 0 Å². The van der Waals surface area contributed by atoms with Crippen molar-refractivity contribution in [2.75, 3.05) is 11.6 Å². The summed E-state index contributed by atoms with van der Waals surface area (Å²) >= 11 is 0. The topological polar surface area (TPSA) is 79.3 Å². The van der Waals surface area contributed by atoms with Crippen molar-refractivity contribution < 1.29 is 13.5 Å². The number of benzene rings is 2. The number of fused-ring (bicyclic) bond motifs is 1. The van der Waals surface area contributed by atoms with Crippen molar-refractivity contribution in [2.45, 2.75) is 11.8 Å². The largest absolute Gasteiger partial charge is 0.506 e. The number of nitrogens with zero attached hydrogens (tertiary/aromatic N) is 1. The van der Waals surface area contributed by atoms with Gasteiger partial charge in [0.1, 0.15) is 5.75 Å². The molecule has 3 rings (SSSR count). The number of hydrogen-bond acceptors (Lipinski definition) is 5. The molecule has 0 saturated carbocycles. The maximum absolute atomic E-state index is 11.9. The Morgan fingerprint density at radius 2 is 1.83 bits per heavy atom. The molecule has 23 heavy (non-hydrogen) atoms. The molecule has 0 unspecified atom stereocenters. The van der Waals surface area contributed by atoms with Crippen LogP contribution in [0.3, 0.4) is 0 Å². The van der Waals surface area contributed by atoms with Crippen LogP contribution in [0.15, 0.2) is 53.6 Å². The van der Waals surface area contributed by atoms with Gasteiger partial charge in [-0.2, -0.15) is 0 Å². The highest BCUT2D eigenvalue weighted by Gasteiger charge is 2.15. The number of anilines is 2. The summed E-state index contributed by atoms with van der Waals surface area (Å²) in [6.45, 7) is 1.88. The Kier molecular flexibility index (Phi) is 3.69. The van der Waals surface area contributed by atoms with Crippen LogP contribution in [0.2, 0.25) is 0 Å². The standard InChI is InChI=1S/C17H16N2O3S/c1-11-5-3-7-14(20)16(11)19-13-9-10-18-17-12(13)6-4-8-15(17)23(2,21)22/h3-10,20H,1-2H3,(H,18,19). The number of rotatable bonds is 3. The van der Waals surface area contributed by atoms with E-state index in [1.807, 2.05) is 13.0 Å². The van der Waals surface area contributed by atoms with Gasteiger partial charge in [0.25, 0.3) is 0 Å². The summed E-state index contributed by atoms with van der Waals surface area (Å²) in [5.74, 6) is 0.134. The lowest BCUT2D eigenvalue weighted by Crippen LogP contribution is -2.01. The van der Waals surface area contributed by atoms with Crippen molar-refractivity contribution in [1.29, 1.82) is 0 Å². The second-order valence-corrected chi connectivity index (χ2v) is 7.36. The molecule has 6 heteroatoms. The van der Waals surface area contributed by atoms with E-state index in [1.54, 1.807) is 42.6 Å². The Morgan fingerprint density at radius 1 is 1.09 bits per heavy atom. The van der Waals surface area contributed by atoms with E-state index < -0.39 is 9.84 Å². The Hall–Kier alpha value is -2.60. The van der Waals surface area contributed by atoms with E-state index >= 15 is 0 Å². The van der Waals surface area contributed by atoms with Crippen LogP contribution < -0.4 is 5.32 Å². The van der Waals surface area contributed by atoms with Crippen molar-refractivity contribution >= 4 is 32.1 Å². The van der Waals surface area contributed by atoms with Gasteiger partial charge in [-0.3, -0.25) is 4.98 Å². The Bertz CT molecular complexity index is 978. The molecule has 0 radical (unpaired) electrons.